The van der Waals surface area contributed by atoms with Crippen molar-refractivity contribution in [1.82, 2.24) is 0 Å². The molecule has 0 radical (unpaired) electrons. The van der Waals surface area contributed by atoms with Gasteiger partial charge in [-0.15, -0.1) is 0 Å². The number of hydrogen-bond donors (Lipinski definition) is 0. The Balaban J connectivity index is 1.44. The molecule has 0 aromatic heterocycles. The lowest BCUT2D eigenvalue weighted by atomic mass is 9.83. The van der Waals surface area contributed by atoms with Crippen molar-refractivity contribution >= 4 is 17.6 Å². The number of rotatable bonds is 3. The number of hydrogen-bond acceptors (Lipinski definition) is 4. The van der Waals surface area contributed by atoms with E-state index in [1.54, 1.807) is 6.21 Å². The van der Waals surface area contributed by atoms with Gasteiger partial charge in [-0.1, -0.05) is 60.7 Å². The summed E-state index contributed by atoms with van der Waals surface area (Å²) in [5.41, 5.74) is 6.08. The molecule has 1 aromatic rings. The van der Waals surface area contributed by atoms with Gasteiger partial charge in [0.2, 0.25) is 0 Å². The third kappa shape index (κ3) is 3.56. The fourth-order valence-corrected chi connectivity index (χ4v) is 6.09. The minimum atomic E-state index is 0.139. The van der Waals surface area contributed by atoms with Crippen molar-refractivity contribution in [3.8, 4) is 6.07 Å². The Morgan fingerprint density at radius 2 is 1.79 bits per heavy atom. The molecule has 4 atom stereocenters. The summed E-state index contributed by atoms with van der Waals surface area (Å²) in [6, 6.07) is 12.0. The number of para-hydroxylation sites is 2. The summed E-state index contributed by atoms with van der Waals surface area (Å²) in [4.78, 5) is 10.1. The molecule has 170 valence electrons. The van der Waals surface area contributed by atoms with Crippen molar-refractivity contribution in [2.75, 3.05) is 9.80 Å². The highest BCUT2D eigenvalue weighted by atomic mass is 15.3. The Bertz CT molecular complexity index is 1220. The third-order valence-electron chi connectivity index (χ3n) is 7.68. The number of aliphatic imine (C=N–C) groups is 1. The van der Waals surface area contributed by atoms with Crippen LogP contribution in [0.4, 0.5) is 11.4 Å². The van der Waals surface area contributed by atoms with Crippen LogP contribution in [0.15, 0.2) is 101 Å². The van der Waals surface area contributed by atoms with Crippen molar-refractivity contribution in [2.24, 2.45) is 10.9 Å². The molecule has 4 nitrogen and oxygen atoms in total. The first-order valence-corrected chi connectivity index (χ1v) is 12.6. The van der Waals surface area contributed by atoms with Crippen LogP contribution in [0.3, 0.4) is 0 Å². The Hall–Kier alpha value is -3.58. The van der Waals surface area contributed by atoms with Gasteiger partial charge in [-0.25, -0.2) is 0 Å². The quantitative estimate of drug-likeness (QED) is 0.506. The number of benzene rings is 1. The maximum absolute atomic E-state index is 9.25. The summed E-state index contributed by atoms with van der Waals surface area (Å²) < 4.78 is 0. The molecule has 2 heterocycles. The van der Waals surface area contributed by atoms with E-state index in [0.29, 0.717) is 11.6 Å². The number of nitrogens with zero attached hydrogens (tertiary/aromatic N) is 4. The van der Waals surface area contributed by atoms with Crippen LogP contribution in [0.5, 0.6) is 0 Å². The molecule has 3 aliphatic carbocycles. The average molecular weight is 447 g/mol. The van der Waals surface area contributed by atoms with Crippen molar-refractivity contribution in [3.05, 3.63) is 95.9 Å². The first kappa shape index (κ1) is 21.0. The molecule has 4 unspecified atom stereocenters. The number of anilines is 2. The van der Waals surface area contributed by atoms with Gasteiger partial charge in [0.1, 0.15) is 6.07 Å². The smallest absolute Gasteiger partial charge is 0.100 e. The van der Waals surface area contributed by atoms with E-state index in [9.17, 15) is 5.26 Å². The monoisotopic (exact) mass is 446 g/mol. The molecule has 0 bridgehead atoms. The summed E-state index contributed by atoms with van der Waals surface area (Å²) in [7, 11) is 0. The van der Waals surface area contributed by atoms with Gasteiger partial charge in [0.05, 0.1) is 34.7 Å². The van der Waals surface area contributed by atoms with Crippen LogP contribution in [-0.2, 0) is 0 Å². The molecule has 5 aliphatic rings. The average Bonchev–Trinajstić information content (AvgIpc) is 2.92. The summed E-state index contributed by atoms with van der Waals surface area (Å²) >= 11 is 0. The fraction of sp³-hybridized carbons (Fsp3) is 0.333. The largest absolute Gasteiger partial charge is 0.335 e. The number of nitriles is 1. The van der Waals surface area contributed by atoms with Crippen molar-refractivity contribution < 1.29 is 0 Å². The van der Waals surface area contributed by atoms with Crippen molar-refractivity contribution in [3.63, 3.8) is 0 Å². The van der Waals surface area contributed by atoms with Gasteiger partial charge in [-0.2, -0.15) is 5.26 Å². The minimum Gasteiger partial charge on any atom is -0.335 e. The molecule has 1 aromatic carbocycles. The standard InChI is InChI=1S/C30H30N4/c31-20-22-18-19-25(32-21-22)24-12-4-5-13-26(24)34-29-16-8-6-14-27(29)33(23-10-2-1-3-11-23)28-15-7-9-17-30(28)34/h1-2,4-8,12-16,18,21,23-26H,3,9-11,17,19H2. The molecule has 0 saturated carbocycles. The van der Waals surface area contributed by atoms with Gasteiger partial charge in [-0.05, 0) is 56.7 Å². The van der Waals surface area contributed by atoms with E-state index in [2.05, 4.69) is 88.7 Å². The van der Waals surface area contributed by atoms with Crippen LogP contribution in [0, 0.1) is 17.2 Å². The zero-order chi connectivity index (χ0) is 22.9. The second kappa shape index (κ2) is 8.99. The van der Waals surface area contributed by atoms with Crippen LogP contribution in [0.25, 0.3) is 0 Å². The van der Waals surface area contributed by atoms with E-state index in [1.165, 1.54) is 29.2 Å². The van der Waals surface area contributed by atoms with E-state index in [-0.39, 0.29) is 18.0 Å². The predicted octanol–water partition coefficient (Wildman–Crippen LogP) is 6.39. The Morgan fingerprint density at radius 3 is 2.56 bits per heavy atom. The third-order valence-corrected chi connectivity index (χ3v) is 7.68. The predicted molar refractivity (Wildman–Crippen MR) is 140 cm³/mol. The van der Waals surface area contributed by atoms with Crippen LogP contribution in [0.1, 0.15) is 38.5 Å². The summed E-state index contributed by atoms with van der Waals surface area (Å²) in [6.07, 6.45) is 28.5. The maximum Gasteiger partial charge on any atom is 0.100 e. The van der Waals surface area contributed by atoms with Crippen LogP contribution in [-0.4, -0.2) is 24.3 Å². The Kier molecular flexibility index (Phi) is 5.55. The van der Waals surface area contributed by atoms with E-state index in [1.807, 2.05) is 6.08 Å². The highest BCUT2D eigenvalue weighted by Crippen LogP contribution is 2.48. The normalized spacial score (nSPS) is 29.6. The lowest BCUT2D eigenvalue weighted by molar-refractivity contribution is 0.443. The van der Waals surface area contributed by atoms with Gasteiger partial charge in [0.15, 0.2) is 0 Å². The summed E-state index contributed by atoms with van der Waals surface area (Å²) in [5, 5.41) is 9.25. The molecule has 0 N–H and O–H groups in total. The van der Waals surface area contributed by atoms with E-state index < -0.39 is 0 Å². The van der Waals surface area contributed by atoms with Crippen molar-refractivity contribution in [2.45, 2.75) is 56.7 Å². The summed E-state index contributed by atoms with van der Waals surface area (Å²) in [6.45, 7) is 0. The Morgan fingerprint density at radius 1 is 0.941 bits per heavy atom. The molecule has 2 aliphatic heterocycles. The molecule has 0 amide bonds. The lowest BCUT2D eigenvalue weighted by Gasteiger charge is -2.49. The number of dihydropyridines is 1. The lowest BCUT2D eigenvalue weighted by Crippen LogP contribution is -2.49. The fourth-order valence-electron chi connectivity index (χ4n) is 6.09. The first-order valence-electron chi connectivity index (χ1n) is 12.6. The van der Waals surface area contributed by atoms with Gasteiger partial charge >= 0.3 is 0 Å². The van der Waals surface area contributed by atoms with Crippen LogP contribution < -0.4 is 9.80 Å². The molecule has 0 fully saturated rings. The zero-order valence-corrected chi connectivity index (χ0v) is 19.4. The molecule has 0 spiro atoms. The van der Waals surface area contributed by atoms with Crippen LogP contribution >= 0.6 is 0 Å². The van der Waals surface area contributed by atoms with Gasteiger partial charge in [0, 0.05) is 23.9 Å². The second-order valence-electron chi connectivity index (χ2n) is 9.63. The molecule has 0 saturated heterocycles. The number of allylic oxidation sites excluding steroid dienone is 7. The zero-order valence-electron chi connectivity index (χ0n) is 19.4. The number of fused-ring (bicyclic) bond motifs is 1. The molecule has 6 rings (SSSR count). The molecule has 34 heavy (non-hydrogen) atoms. The van der Waals surface area contributed by atoms with Gasteiger partial charge in [-0.3, -0.25) is 4.99 Å². The van der Waals surface area contributed by atoms with E-state index in [0.717, 1.165) is 32.1 Å². The van der Waals surface area contributed by atoms with E-state index in [4.69, 9.17) is 4.99 Å². The molecular weight excluding hydrogens is 416 g/mol. The minimum absolute atomic E-state index is 0.139. The Labute approximate surface area is 202 Å². The van der Waals surface area contributed by atoms with Crippen molar-refractivity contribution in [1.29, 1.82) is 5.26 Å². The highest BCUT2D eigenvalue weighted by Gasteiger charge is 2.40. The van der Waals surface area contributed by atoms with E-state index >= 15 is 0 Å². The van der Waals surface area contributed by atoms with Gasteiger partial charge < -0.3 is 9.80 Å². The second-order valence-corrected chi connectivity index (χ2v) is 9.63. The highest BCUT2D eigenvalue weighted by molar-refractivity contribution is 5.85. The summed E-state index contributed by atoms with van der Waals surface area (Å²) in [5.74, 6) is 0.245. The van der Waals surface area contributed by atoms with Crippen LogP contribution in [0.2, 0.25) is 0 Å². The topological polar surface area (TPSA) is 42.6 Å². The maximum atomic E-state index is 9.25. The molecule has 4 heteroatoms. The SMILES string of the molecule is N#CC1=CCC(C2C=CC=CC2N2C3=C(C=CCC3)N(C3CC=CCC3)c3ccccc32)N=C1. The molecular formula is C30H30N4. The van der Waals surface area contributed by atoms with Gasteiger partial charge in [0.25, 0.3) is 0 Å². The first-order chi connectivity index (χ1) is 16.8.